The molecular weight excluding hydrogens is 428 g/mol. The fraction of sp³-hybridized carbons (Fsp3) is 0.208. The van der Waals surface area contributed by atoms with Crippen LogP contribution >= 0.6 is 0 Å². The zero-order valence-corrected chi connectivity index (χ0v) is 19.3. The molecule has 1 amide bonds. The molecule has 168 valence electrons. The van der Waals surface area contributed by atoms with Crippen LogP contribution in [0.2, 0.25) is 0 Å². The molecule has 0 radical (unpaired) electrons. The van der Waals surface area contributed by atoms with Crippen LogP contribution < -0.4 is 18.7 Å². The Balaban J connectivity index is 2.10. The number of aryl methyl sites for hydroxylation is 1. The second kappa shape index (κ2) is 9.74. The van der Waals surface area contributed by atoms with Crippen molar-refractivity contribution in [3.63, 3.8) is 0 Å². The summed E-state index contributed by atoms with van der Waals surface area (Å²) in [6.07, 6.45) is 0. The summed E-state index contributed by atoms with van der Waals surface area (Å²) >= 11 is 0. The number of likely N-dealkylation sites (N-methyl/N-ethyl adjacent to an activating group) is 1. The lowest BCUT2D eigenvalue weighted by molar-refractivity contribution is -0.116. The lowest BCUT2D eigenvalue weighted by Gasteiger charge is -2.28. The topological polar surface area (TPSA) is 76.2 Å². The van der Waals surface area contributed by atoms with Gasteiger partial charge in [0.1, 0.15) is 18.0 Å². The third-order valence-corrected chi connectivity index (χ3v) is 6.83. The summed E-state index contributed by atoms with van der Waals surface area (Å²) in [5.74, 6) is 0.335. The predicted molar refractivity (Wildman–Crippen MR) is 125 cm³/mol. The van der Waals surface area contributed by atoms with E-state index in [1.54, 1.807) is 49.5 Å². The van der Waals surface area contributed by atoms with Gasteiger partial charge in [-0.05, 0) is 43.3 Å². The molecule has 0 N–H and O–H groups in total. The van der Waals surface area contributed by atoms with Gasteiger partial charge >= 0.3 is 0 Å². The molecule has 0 unspecified atom stereocenters. The van der Waals surface area contributed by atoms with Gasteiger partial charge in [-0.2, -0.15) is 0 Å². The third kappa shape index (κ3) is 4.86. The molecule has 0 bridgehead atoms. The maximum absolute atomic E-state index is 13.7. The van der Waals surface area contributed by atoms with Crippen molar-refractivity contribution < 1.29 is 22.7 Å². The Bertz CT molecular complexity index is 1180. The Morgan fingerprint density at radius 3 is 2.16 bits per heavy atom. The van der Waals surface area contributed by atoms with Crippen LogP contribution in [0, 0.1) is 6.92 Å². The van der Waals surface area contributed by atoms with Crippen molar-refractivity contribution in [3.8, 4) is 11.5 Å². The molecule has 0 atom stereocenters. The van der Waals surface area contributed by atoms with Crippen molar-refractivity contribution in [3.05, 3.63) is 78.4 Å². The average Bonchev–Trinajstić information content (AvgIpc) is 2.82. The van der Waals surface area contributed by atoms with Crippen LogP contribution in [-0.2, 0) is 14.8 Å². The van der Waals surface area contributed by atoms with E-state index in [4.69, 9.17) is 9.47 Å². The molecule has 0 heterocycles. The second-order valence-electron chi connectivity index (χ2n) is 7.15. The van der Waals surface area contributed by atoms with Gasteiger partial charge in [-0.3, -0.25) is 9.10 Å². The van der Waals surface area contributed by atoms with Crippen LogP contribution in [0.4, 0.5) is 11.4 Å². The number of sulfonamides is 1. The zero-order chi connectivity index (χ0) is 23.3. The van der Waals surface area contributed by atoms with Gasteiger partial charge in [-0.1, -0.05) is 35.9 Å². The summed E-state index contributed by atoms with van der Waals surface area (Å²) in [6, 6.07) is 20.3. The number of methoxy groups -OCH3 is 2. The maximum Gasteiger partial charge on any atom is 0.264 e. The van der Waals surface area contributed by atoms with Crippen molar-refractivity contribution in [1.82, 2.24) is 0 Å². The number of hydrogen-bond donors (Lipinski definition) is 0. The summed E-state index contributed by atoms with van der Waals surface area (Å²) in [6.45, 7) is 1.45. The van der Waals surface area contributed by atoms with E-state index in [0.29, 0.717) is 17.2 Å². The molecule has 0 aliphatic carbocycles. The molecule has 8 heteroatoms. The number of carbonyl (C=O) groups excluding carboxylic acids is 1. The third-order valence-electron chi connectivity index (χ3n) is 5.06. The van der Waals surface area contributed by atoms with Crippen molar-refractivity contribution >= 4 is 27.3 Å². The molecule has 32 heavy (non-hydrogen) atoms. The first-order chi connectivity index (χ1) is 15.3. The minimum atomic E-state index is -4.09. The second-order valence-corrected chi connectivity index (χ2v) is 9.01. The van der Waals surface area contributed by atoms with Crippen molar-refractivity contribution in [2.45, 2.75) is 11.8 Å². The number of carbonyl (C=O) groups is 1. The fourth-order valence-electron chi connectivity index (χ4n) is 3.15. The molecule has 3 aromatic carbocycles. The van der Waals surface area contributed by atoms with E-state index in [0.717, 1.165) is 9.87 Å². The molecule has 3 rings (SSSR count). The predicted octanol–water partition coefficient (Wildman–Crippen LogP) is 3.87. The monoisotopic (exact) mass is 454 g/mol. The van der Waals surface area contributed by atoms with E-state index in [1.165, 1.54) is 31.3 Å². The van der Waals surface area contributed by atoms with Crippen LogP contribution in [0.25, 0.3) is 0 Å². The Morgan fingerprint density at radius 1 is 0.906 bits per heavy atom. The van der Waals surface area contributed by atoms with Gasteiger partial charge in [0.25, 0.3) is 10.0 Å². The number of ether oxygens (including phenoxy) is 2. The molecule has 0 aromatic heterocycles. The van der Waals surface area contributed by atoms with E-state index in [-0.39, 0.29) is 10.6 Å². The maximum atomic E-state index is 13.7. The van der Waals surface area contributed by atoms with Gasteiger partial charge < -0.3 is 14.4 Å². The lowest BCUT2D eigenvalue weighted by Crippen LogP contribution is -2.42. The SMILES string of the molecule is COc1ccc(OC)c(N(CC(=O)N(C)c2ccccc2)S(=O)(=O)c2ccc(C)cc2)c1. The molecule has 0 spiro atoms. The number of benzene rings is 3. The lowest BCUT2D eigenvalue weighted by atomic mass is 10.2. The highest BCUT2D eigenvalue weighted by atomic mass is 32.2. The largest absolute Gasteiger partial charge is 0.497 e. The van der Waals surface area contributed by atoms with E-state index >= 15 is 0 Å². The van der Waals surface area contributed by atoms with Crippen molar-refractivity contribution in [1.29, 1.82) is 0 Å². The zero-order valence-electron chi connectivity index (χ0n) is 18.5. The highest BCUT2D eigenvalue weighted by molar-refractivity contribution is 7.92. The molecule has 3 aromatic rings. The quantitative estimate of drug-likeness (QED) is 0.516. The first kappa shape index (κ1) is 23.1. The van der Waals surface area contributed by atoms with Crippen LogP contribution in [0.3, 0.4) is 0 Å². The van der Waals surface area contributed by atoms with Gasteiger partial charge in [-0.25, -0.2) is 8.42 Å². The Hall–Kier alpha value is -3.52. The number of anilines is 2. The minimum absolute atomic E-state index is 0.0723. The first-order valence-electron chi connectivity index (χ1n) is 9.91. The highest BCUT2D eigenvalue weighted by Gasteiger charge is 2.31. The number of hydrogen-bond acceptors (Lipinski definition) is 5. The van der Waals surface area contributed by atoms with Crippen LogP contribution in [-0.4, -0.2) is 42.1 Å². The van der Waals surface area contributed by atoms with Gasteiger partial charge in [0.2, 0.25) is 5.91 Å². The molecule has 0 aliphatic rings. The first-order valence-corrected chi connectivity index (χ1v) is 11.3. The molecule has 0 aliphatic heterocycles. The summed E-state index contributed by atoms with van der Waals surface area (Å²) in [7, 11) is 0.449. The van der Waals surface area contributed by atoms with E-state index in [9.17, 15) is 13.2 Å². The number of amides is 1. The van der Waals surface area contributed by atoms with E-state index in [2.05, 4.69) is 0 Å². The molecule has 0 fully saturated rings. The Kier molecular flexibility index (Phi) is 7.05. The van der Waals surface area contributed by atoms with Gasteiger partial charge in [0.05, 0.1) is 24.8 Å². The molecule has 0 saturated heterocycles. The van der Waals surface area contributed by atoms with Crippen LogP contribution in [0.1, 0.15) is 5.56 Å². The van der Waals surface area contributed by atoms with Crippen LogP contribution in [0.5, 0.6) is 11.5 Å². The number of para-hydroxylation sites is 1. The summed E-state index contributed by atoms with van der Waals surface area (Å²) in [5, 5.41) is 0. The van der Waals surface area contributed by atoms with Crippen molar-refractivity contribution in [2.75, 3.05) is 37.0 Å². The summed E-state index contributed by atoms with van der Waals surface area (Å²) < 4.78 is 39.1. The molecular formula is C24H26N2O5S. The molecule has 0 saturated carbocycles. The Labute approximate surface area is 188 Å². The molecule has 7 nitrogen and oxygen atoms in total. The van der Waals surface area contributed by atoms with Crippen molar-refractivity contribution in [2.24, 2.45) is 0 Å². The van der Waals surface area contributed by atoms with E-state index < -0.39 is 22.5 Å². The summed E-state index contributed by atoms with van der Waals surface area (Å²) in [5.41, 5.74) is 1.79. The fourth-order valence-corrected chi connectivity index (χ4v) is 4.57. The number of rotatable bonds is 8. The normalized spacial score (nSPS) is 11.0. The van der Waals surface area contributed by atoms with Gasteiger partial charge in [0.15, 0.2) is 0 Å². The Morgan fingerprint density at radius 2 is 1.56 bits per heavy atom. The van der Waals surface area contributed by atoms with Gasteiger partial charge in [0, 0.05) is 18.8 Å². The average molecular weight is 455 g/mol. The standard InChI is InChI=1S/C24H26N2O5S/c1-18-10-13-21(14-11-18)32(28,29)26(22-16-20(30-3)12-15-23(22)31-4)17-24(27)25(2)19-8-6-5-7-9-19/h5-16H,17H2,1-4H3. The summed E-state index contributed by atoms with van der Waals surface area (Å²) in [4.78, 5) is 14.7. The highest BCUT2D eigenvalue weighted by Crippen LogP contribution is 2.36. The minimum Gasteiger partial charge on any atom is -0.497 e. The van der Waals surface area contributed by atoms with E-state index in [1.807, 2.05) is 25.1 Å². The smallest absolute Gasteiger partial charge is 0.264 e. The van der Waals surface area contributed by atoms with Gasteiger partial charge in [-0.15, -0.1) is 0 Å². The number of nitrogens with zero attached hydrogens (tertiary/aromatic N) is 2. The van der Waals surface area contributed by atoms with Crippen LogP contribution in [0.15, 0.2) is 77.7 Å².